The van der Waals surface area contributed by atoms with E-state index in [1.54, 1.807) is 12.1 Å². The molecule has 1 aromatic carbocycles. The number of nitrogens with one attached hydrogen (secondary N) is 2. The molecule has 2 rings (SSSR count). The quantitative estimate of drug-likeness (QED) is 0.832. The van der Waals surface area contributed by atoms with Crippen molar-refractivity contribution in [2.45, 2.75) is 18.4 Å². The topological polar surface area (TPSA) is 24.1 Å². The Bertz CT molecular complexity index is 375. The molecule has 0 unspecified atom stereocenters. The Morgan fingerprint density at radius 1 is 1.38 bits per heavy atom. The van der Waals surface area contributed by atoms with Gasteiger partial charge in [0.25, 0.3) is 0 Å². The lowest BCUT2D eigenvalue weighted by Gasteiger charge is -2.38. The van der Waals surface area contributed by atoms with Crippen molar-refractivity contribution in [2.75, 3.05) is 20.1 Å². The number of hydrogen-bond donors (Lipinski definition) is 2. The maximum Gasteiger partial charge on any atom is 0.129 e. The van der Waals surface area contributed by atoms with Crippen LogP contribution in [-0.4, -0.2) is 20.1 Å². The molecule has 1 aromatic rings. The molecule has 1 saturated heterocycles. The minimum absolute atomic E-state index is 0.219. The van der Waals surface area contributed by atoms with Crippen molar-refractivity contribution in [1.29, 1.82) is 0 Å². The maximum atomic E-state index is 13.9. The molecule has 0 atom stereocenters. The number of benzene rings is 1. The van der Waals surface area contributed by atoms with E-state index in [0.717, 1.165) is 31.5 Å². The molecule has 88 valence electrons. The molecule has 16 heavy (non-hydrogen) atoms. The van der Waals surface area contributed by atoms with Crippen molar-refractivity contribution in [1.82, 2.24) is 10.6 Å². The van der Waals surface area contributed by atoms with E-state index in [-0.39, 0.29) is 11.4 Å². The van der Waals surface area contributed by atoms with Gasteiger partial charge in [0, 0.05) is 16.1 Å². The van der Waals surface area contributed by atoms with Gasteiger partial charge in [-0.25, -0.2) is 4.39 Å². The van der Waals surface area contributed by atoms with E-state index in [9.17, 15) is 4.39 Å². The lowest BCUT2D eigenvalue weighted by molar-refractivity contribution is 0.255. The molecule has 0 bridgehead atoms. The predicted molar refractivity (Wildman–Crippen MR) is 64.3 cm³/mol. The summed E-state index contributed by atoms with van der Waals surface area (Å²) in [6.45, 7) is 1.81. The Hall–Kier alpha value is -0.640. The van der Waals surface area contributed by atoms with Gasteiger partial charge in [-0.3, -0.25) is 0 Å². The van der Waals surface area contributed by atoms with Crippen LogP contribution in [0.1, 0.15) is 18.4 Å². The highest BCUT2D eigenvalue weighted by atomic mass is 35.5. The molecule has 0 aromatic heterocycles. The highest BCUT2D eigenvalue weighted by molar-refractivity contribution is 6.30. The van der Waals surface area contributed by atoms with E-state index in [1.807, 2.05) is 7.05 Å². The van der Waals surface area contributed by atoms with Gasteiger partial charge < -0.3 is 10.6 Å². The van der Waals surface area contributed by atoms with Crippen LogP contribution < -0.4 is 10.6 Å². The van der Waals surface area contributed by atoms with Crippen molar-refractivity contribution < 1.29 is 4.39 Å². The lowest BCUT2D eigenvalue weighted by atomic mass is 9.81. The zero-order valence-electron chi connectivity index (χ0n) is 9.32. The summed E-state index contributed by atoms with van der Waals surface area (Å²) >= 11 is 5.77. The van der Waals surface area contributed by atoms with Crippen LogP contribution in [0.3, 0.4) is 0 Å². The molecule has 0 radical (unpaired) electrons. The molecular formula is C12H16ClFN2. The summed E-state index contributed by atoms with van der Waals surface area (Å²) in [5, 5.41) is 7.00. The summed E-state index contributed by atoms with van der Waals surface area (Å²) in [4.78, 5) is 0. The van der Waals surface area contributed by atoms with Crippen LogP contribution in [0.4, 0.5) is 4.39 Å². The first-order valence-corrected chi connectivity index (χ1v) is 5.91. The van der Waals surface area contributed by atoms with Crippen LogP contribution >= 0.6 is 11.6 Å². The predicted octanol–water partition coefficient (Wildman–Crippen LogP) is 2.28. The zero-order chi connectivity index (χ0) is 11.6. The standard InChI is InChI=1S/C12H16ClFN2/c1-15-12(4-6-16-7-5-12)10-3-2-9(13)8-11(10)14/h2-3,8,15-16H,4-7H2,1H3. The molecule has 0 saturated carbocycles. The summed E-state index contributed by atoms with van der Waals surface area (Å²) in [6, 6.07) is 4.93. The third-order valence-electron chi connectivity index (χ3n) is 3.38. The number of rotatable bonds is 2. The largest absolute Gasteiger partial charge is 0.317 e. The van der Waals surface area contributed by atoms with E-state index in [2.05, 4.69) is 10.6 Å². The minimum Gasteiger partial charge on any atom is -0.317 e. The fourth-order valence-corrected chi connectivity index (χ4v) is 2.54. The van der Waals surface area contributed by atoms with Gasteiger partial charge in [0.1, 0.15) is 5.82 Å². The average Bonchev–Trinajstić information content (AvgIpc) is 2.30. The number of hydrogen-bond acceptors (Lipinski definition) is 2. The molecule has 1 aliphatic heterocycles. The summed E-state index contributed by atoms with van der Waals surface area (Å²) < 4.78 is 13.9. The summed E-state index contributed by atoms with van der Waals surface area (Å²) in [5.41, 5.74) is 0.473. The lowest BCUT2D eigenvalue weighted by Crippen LogP contribution is -2.48. The first-order chi connectivity index (χ1) is 7.68. The molecule has 4 heteroatoms. The molecule has 1 fully saturated rings. The molecule has 1 aliphatic rings. The second-order valence-electron chi connectivity index (χ2n) is 4.21. The van der Waals surface area contributed by atoms with Crippen molar-refractivity contribution in [3.63, 3.8) is 0 Å². The number of halogens is 2. The first-order valence-electron chi connectivity index (χ1n) is 5.53. The van der Waals surface area contributed by atoms with E-state index >= 15 is 0 Å². The van der Waals surface area contributed by atoms with E-state index < -0.39 is 0 Å². The second kappa shape index (κ2) is 4.70. The van der Waals surface area contributed by atoms with E-state index in [0.29, 0.717) is 5.02 Å². The third kappa shape index (κ3) is 2.08. The normalized spacial score (nSPS) is 19.7. The van der Waals surface area contributed by atoms with E-state index in [4.69, 9.17) is 11.6 Å². The van der Waals surface area contributed by atoms with Gasteiger partial charge in [-0.1, -0.05) is 17.7 Å². The van der Waals surface area contributed by atoms with Crippen LogP contribution in [0.2, 0.25) is 5.02 Å². The number of piperidine rings is 1. The van der Waals surface area contributed by atoms with Gasteiger partial charge in [-0.15, -0.1) is 0 Å². The van der Waals surface area contributed by atoms with Crippen LogP contribution in [0.15, 0.2) is 18.2 Å². The van der Waals surface area contributed by atoms with Crippen molar-refractivity contribution in [2.24, 2.45) is 0 Å². The Balaban J connectivity index is 2.39. The monoisotopic (exact) mass is 242 g/mol. The highest BCUT2D eigenvalue weighted by Gasteiger charge is 2.34. The van der Waals surface area contributed by atoms with Gasteiger partial charge in [0.15, 0.2) is 0 Å². The highest BCUT2D eigenvalue weighted by Crippen LogP contribution is 2.32. The van der Waals surface area contributed by atoms with Crippen LogP contribution in [0.5, 0.6) is 0 Å². The van der Waals surface area contributed by atoms with E-state index in [1.165, 1.54) is 6.07 Å². The van der Waals surface area contributed by atoms with Crippen LogP contribution in [0, 0.1) is 5.82 Å². The Kier molecular flexibility index (Phi) is 3.47. The van der Waals surface area contributed by atoms with Gasteiger partial charge in [0.2, 0.25) is 0 Å². The first kappa shape index (κ1) is 11.8. The molecule has 0 spiro atoms. The zero-order valence-corrected chi connectivity index (χ0v) is 10.1. The second-order valence-corrected chi connectivity index (χ2v) is 4.64. The Morgan fingerprint density at radius 3 is 2.62 bits per heavy atom. The van der Waals surface area contributed by atoms with Crippen molar-refractivity contribution >= 4 is 11.6 Å². The molecular weight excluding hydrogens is 227 g/mol. The van der Waals surface area contributed by atoms with Crippen LogP contribution in [0.25, 0.3) is 0 Å². The summed E-state index contributed by atoms with van der Waals surface area (Å²) in [7, 11) is 1.89. The average molecular weight is 243 g/mol. The van der Waals surface area contributed by atoms with Crippen molar-refractivity contribution in [3.8, 4) is 0 Å². The molecule has 2 nitrogen and oxygen atoms in total. The van der Waals surface area contributed by atoms with Crippen LogP contribution in [-0.2, 0) is 5.54 Å². The maximum absolute atomic E-state index is 13.9. The van der Waals surface area contributed by atoms with Gasteiger partial charge in [-0.2, -0.15) is 0 Å². The fraction of sp³-hybridized carbons (Fsp3) is 0.500. The minimum atomic E-state index is -0.250. The smallest absolute Gasteiger partial charge is 0.129 e. The third-order valence-corrected chi connectivity index (χ3v) is 3.62. The van der Waals surface area contributed by atoms with Gasteiger partial charge >= 0.3 is 0 Å². The molecule has 0 aliphatic carbocycles. The molecule has 0 amide bonds. The summed E-state index contributed by atoms with van der Waals surface area (Å²) in [6.07, 6.45) is 1.78. The molecule has 1 heterocycles. The fourth-order valence-electron chi connectivity index (χ4n) is 2.39. The Labute approximate surface area is 100 Å². The molecule has 2 N–H and O–H groups in total. The van der Waals surface area contributed by atoms with Crippen molar-refractivity contribution in [3.05, 3.63) is 34.6 Å². The SMILES string of the molecule is CNC1(c2ccc(Cl)cc2F)CCNCC1. The van der Waals surface area contributed by atoms with Gasteiger partial charge in [-0.05, 0) is 45.1 Å². The summed E-state index contributed by atoms with van der Waals surface area (Å²) in [5.74, 6) is -0.219. The van der Waals surface area contributed by atoms with Gasteiger partial charge in [0.05, 0.1) is 0 Å². The Morgan fingerprint density at radius 2 is 2.06 bits per heavy atom.